The number of likely N-dealkylation sites (tertiary alicyclic amines) is 1. The Morgan fingerprint density at radius 1 is 1.27 bits per heavy atom. The Morgan fingerprint density at radius 2 is 1.93 bits per heavy atom. The van der Waals surface area contributed by atoms with Crippen molar-refractivity contribution in [2.24, 2.45) is 18.4 Å². The van der Waals surface area contributed by atoms with Crippen molar-refractivity contribution < 1.29 is 32.3 Å². The molecular formula is C27H32F3N7O4. The first-order chi connectivity index (χ1) is 19.2. The van der Waals surface area contributed by atoms with Crippen LogP contribution in [0.1, 0.15) is 50.9 Å². The molecule has 3 amide bonds. The van der Waals surface area contributed by atoms with Crippen molar-refractivity contribution in [1.29, 1.82) is 5.26 Å². The fourth-order valence-corrected chi connectivity index (χ4v) is 4.81. The predicted octanol–water partition coefficient (Wildman–Crippen LogP) is 1.98. The van der Waals surface area contributed by atoms with Gasteiger partial charge in [0.05, 0.1) is 24.3 Å². The number of carbonyl (C=O) groups excluding carboxylic acids is 3. The molecule has 2 fully saturated rings. The van der Waals surface area contributed by atoms with E-state index in [1.54, 1.807) is 27.8 Å². The lowest BCUT2D eigenvalue weighted by molar-refractivity contribution is -0.174. The number of amides is 3. The highest BCUT2D eigenvalue weighted by molar-refractivity contribution is 5.93. The van der Waals surface area contributed by atoms with E-state index in [1.807, 2.05) is 6.07 Å². The molecule has 2 N–H and O–H groups in total. The number of nitrogens with one attached hydrogen (secondary N) is 2. The summed E-state index contributed by atoms with van der Waals surface area (Å²) in [5.41, 5.74) is 0.536. The Balaban J connectivity index is 0.000000832. The summed E-state index contributed by atoms with van der Waals surface area (Å²) in [6.07, 6.45) is 5.87. The standard InChI is InChI=1S/C23H24F3N7O3.C4H8O/c1-6-14-18-13(8-28-9-16(18)32(5)31-14)15(7-27)30-20(35)19-12(2)22(3,4)11-33(19)17(34)10-29-21(36)23(24,25)26;1-2-4-5-3-1/h1,8-9,12,15,19H,10-11H2,2-5H3,(H,29,36)(H,30,35);1-4H2/t12?,15?,19-;/m0./s1. The number of nitriles is 1. The van der Waals surface area contributed by atoms with Gasteiger partial charge in [-0.1, -0.05) is 20.8 Å². The normalized spacial score (nSPS) is 20.4. The van der Waals surface area contributed by atoms with Crippen LogP contribution in [-0.2, 0) is 26.2 Å². The van der Waals surface area contributed by atoms with Crippen LogP contribution in [0.15, 0.2) is 12.4 Å². The molecule has 4 heterocycles. The van der Waals surface area contributed by atoms with Gasteiger partial charge in [-0.25, -0.2) is 0 Å². The number of pyridine rings is 1. The number of aromatic nitrogens is 3. The summed E-state index contributed by atoms with van der Waals surface area (Å²) in [5, 5.41) is 18.7. The lowest BCUT2D eigenvalue weighted by Gasteiger charge is -2.27. The third-order valence-corrected chi connectivity index (χ3v) is 7.35. The number of ether oxygens (including phenoxy) is 1. The molecule has 2 aromatic rings. The number of hydrogen-bond acceptors (Lipinski definition) is 7. The van der Waals surface area contributed by atoms with Crippen LogP contribution in [0.5, 0.6) is 0 Å². The van der Waals surface area contributed by atoms with E-state index in [0.717, 1.165) is 18.1 Å². The molecule has 14 heteroatoms. The van der Waals surface area contributed by atoms with Crippen LogP contribution < -0.4 is 10.6 Å². The van der Waals surface area contributed by atoms with Crippen LogP contribution in [0.25, 0.3) is 10.9 Å². The highest BCUT2D eigenvalue weighted by Crippen LogP contribution is 2.40. The highest BCUT2D eigenvalue weighted by atomic mass is 19.4. The number of rotatable bonds is 5. The first-order valence-electron chi connectivity index (χ1n) is 12.9. The summed E-state index contributed by atoms with van der Waals surface area (Å²) < 4.78 is 44.0. The number of alkyl halides is 3. The average Bonchev–Trinajstić information content (AvgIpc) is 3.65. The minimum atomic E-state index is -5.15. The van der Waals surface area contributed by atoms with Gasteiger partial charge >= 0.3 is 12.1 Å². The summed E-state index contributed by atoms with van der Waals surface area (Å²) in [4.78, 5) is 42.5. The summed E-state index contributed by atoms with van der Waals surface area (Å²) in [5.74, 6) is -1.78. The van der Waals surface area contributed by atoms with Gasteiger partial charge in [-0.2, -0.15) is 23.5 Å². The Morgan fingerprint density at radius 3 is 2.46 bits per heavy atom. The zero-order valence-electron chi connectivity index (χ0n) is 23.2. The van der Waals surface area contributed by atoms with Gasteiger partial charge in [0.1, 0.15) is 17.8 Å². The second-order valence-electron chi connectivity index (χ2n) is 10.6. The molecule has 0 saturated carbocycles. The quantitative estimate of drug-likeness (QED) is 0.519. The number of aryl methyl sites for hydroxylation is 1. The van der Waals surface area contributed by atoms with Crippen molar-refractivity contribution in [3.63, 3.8) is 0 Å². The van der Waals surface area contributed by atoms with Crippen molar-refractivity contribution in [2.75, 3.05) is 26.3 Å². The predicted molar refractivity (Wildman–Crippen MR) is 141 cm³/mol. The summed E-state index contributed by atoms with van der Waals surface area (Å²) in [6.45, 7) is 6.47. The molecule has 2 unspecified atom stereocenters. The summed E-state index contributed by atoms with van der Waals surface area (Å²) in [6, 6.07) is -0.305. The van der Waals surface area contributed by atoms with E-state index < -0.39 is 53.9 Å². The van der Waals surface area contributed by atoms with Gasteiger partial charge < -0.3 is 20.3 Å². The van der Waals surface area contributed by atoms with Gasteiger partial charge in [-0.15, -0.1) is 6.42 Å². The molecule has 2 aliphatic heterocycles. The molecule has 0 radical (unpaired) electrons. The van der Waals surface area contributed by atoms with Crippen LogP contribution >= 0.6 is 0 Å². The van der Waals surface area contributed by atoms with Gasteiger partial charge in [0.15, 0.2) is 0 Å². The molecule has 0 spiro atoms. The fourth-order valence-electron chi connectivity index (χ4n) is 4.81. The van der Waals surface area contributed by atoms with Crippen LogP contribution in [0.2, 0.25) is 0 Å². The molecule has 0 bridgehead atoms. The van der Waals surface area contributed by atoms with E-state index in [-0.39, 0.29) is 12.2 Å². The molecule has 220 valence electrons. The Labute approximate surface area is 235 Å². The summed E-state index contributed by atoms with van der Waals surface area (Å²) in [7, 11) is 1.65. The minimum Gasteiger partial charge on any atom is -0.381 e. The fraction of sp³-hybridized carbons (Fsp3) is 0.556. The first kappa shape index (κ1) is 31.4. The number of carbonyl (C=O) groups is 3. The SMILES string of the molecule is C#Cc1nn(C)c2cncc(C(C#N)NC(=O)[C@@H]3C(C)C(C)(C)CN3C(=O)CNC(=O)C(F)(F)F)c12.C1CCOC1. The smallest absolute Gasteiger partial charge is 0.381 e. The topological polar surface area (TPSA) is 142 Å². The lowest BCUT2D eigenvalue weighted by atomic mass is 9.80. The monoisotopic (exact) mass is 575 g/mol. The third kappa shape index (κ3) is 6.95. The molecule has 0 aliphatic carbocycles. The largest absolute Gasteiger partial charge is 0.471 e. The van der Waals surface area contributed by atoms with Gasteiger partial charge in [0.2, 0.25) is 11.8 Å². The molecule has 3 atom stereocenters. The zero-order chi connectivity index (χ0) is 30.5. The zero-order valence-corrected chi connectivity index (χ0v) is 23.2. The second kappa shape index (κ2) is 12.6. The number of nitrogens with zero attached hydrogens (tertiary/aromatic N) is 5. The van der Waals surface area contributed by atoms with E-state index in [0.29, 0.717) is 16.5 Å². The van der Waals surface area contributed by atoms with Gasteiger partial charge in [0, 0.05) is 44.0 Å². The van der Waals surface area contributed by atoms with Gasteiger partial charge in [-0.05, 0) is 30.1 Å². The number of halogens is 3. The van der Waals surface area contributed by atoms with E-state index in [2.05, 4.69) is 21.3 Å². The molecule has 2 saturated heterocycles. The van der Waals surface area contributed by atoms with Crippen LogP contribution in [0.3, 0.4) is 0 Å². The van der Waals surface area contributed by atoms with Crippen molar-refractivity contribution in [1.82, 2.24) is 30.3 Å². The molecule has 41 heavy (non-hydrogen) atoms. The minimum absolute atomic E-state index is 0.0607. The maximum Gasteiger partial charge on any atom is 0.471 e. The van der Waals surface area contributed by atoms with Crippen molar-refractivity contribution in [3.8, 4) is 18.4 Å². The van der Waals surface area contributed by atoms with Crippen molar-refractivity contribution >= 4 is 28.6 Å². The molecular weight excluding hydrogens is 543 g/mol. The van der Waals surface area contributed by atoms with Crippen LogP contribution in [0.4, 0.5) is 13.2 Å². The Bertz CT molecular complexity index is 1380. The number of fused-ring (bicyclic) bond motifs is 1. The van der Waals surface area contributed by atoms with Crippen LogP contribution in [-0.4, -0.2) is 75.9 Å². The molecule has 0 aromatic carbocycles. The highest BCUT2D eigenvalue weighted by Gasteiger charge is 2.50. The third-order valence-electron chi connectivity index (χ3n) is 7.35. The Hall–Kier alpha value is -4.17. The maximum absolute atomic E-state index is 13.4. The number of hydrogen-bond donors (Lipinski definition) is 2. The van der Waals surface area contributed by atoms with Crippen molar-refractivity contribution in [3.05, 3.63) is 23.7 Å². The van der Waals surface area contributed by atoms with E-state index in [1.165, 1.54) is 35.2 Å². The van der Waals surface area contributed by atoms with Crippen molar-refractivity contribution in [2.45, 2.75) is 51.9 Å². The first-order valence-corrected chi connectivity index (χ1v) is 12.9. The lowest BCUT2D eigenvalue weighted by Crippen LogP contribution is -2.52. The average molecular weight is 576 g/mol. The molecule has 2 aliphatic rings. The van der Waals surface area contributed by atoms with Crippen LogP contribution in [0, 0.1) is 35.0 Å². The van der Waals surface area contributed by atoms with E-state index >= 15 is 0 Å². The van der Waals surface area contributed by atoms with Gasteiger partial charge in [0.25, 0.3) is 0 Å². The molecule has 11 nitrogen and oxygen atoms in total. The Kier molecular flexibility index (Phi) is 9.61. The second-order valence-corrected chi connectivity index (χ2v) is 10.6. The number of terminal acetylenes is 1. The summed E-state index contributed by atoms with van der Waals surface area (Å²) >= 11 is 0. The van der Waals surface area contributed by atoms with E-state index in [4.69, 9.17) is 11.2 Å². The van der Waals surface area contributed by atoms with Gasteiger partial charge in [-0.3, -0.25) is 24.0 Å². The van der Waals surface area contributed by atoms with E-state index in [9.17, 15) is 32.8 Å². The maximum atomic E-state index is 13.4. The molecule has 2 aromatic heterocycles. The molecule has 4 rings (SSSR count).